The van der Waals surface area contributed by atoms with Crippen molar-refractivity contribution in [2.75, 3.05) is 13.7 Å². The van der Waals surface area contributed by atoms with Crippen LogP contribution in [-0.2, 0) is 4.79 Å². The minimum Gasteiger partial charge on any atom is -0.494 e. The summed E-state index contributed by atoms with van der Waals surface area (Å²) < 4.78 is 5.41. The third-order valence-corrected chi connectivity index (χ3v) is 4.62. The summed E-state index contributed by atoms with van der Waals surface area (Å²) in [4.78, 5) is 15.8. The first-order valence-electron chi connectivity index (χ1n) is 8.05. The second-order valence-electron chi connectivity index (χ2n) is 6.04. The lowest BCUT2D eigenvalue weighted by Gasteiger charge is -2.12. The van der Waals surface area contributed by atoms with Crippen molar-refractivity contribution in [3.05, 3.63) is 60.3 Å². The maximum atomic E-state index is 11.4. The molecular weight excluding hydrogens is 300 g/mol. The molecule has 2 heterocycles. The van der Waals surface area contributed by atoms with Crippen LogP contribution < -0.4 is 10.1 Å². The van der Waals surface area contributed by atoms with Gasteiger partial charge in [-0.15, -0.1) is 0 Å². The van der Waals surface area contributed by atoms with Crippen LogP contribution in [0.1, 0.15) is 17.9 Å². The lowest BCUT2D eigenvalue weighted by Crippen LogP contribution is -2.13. The van der Waals surface area contributed by atoms with Crippen LogP contribution in [-0.4, -0.2) is 24.5 Å². The molecule has 120 valence electrons. The van der Waals surface area contributed by atoms with Crippen molar-refractivity contribution >= 4 is 16.8 Å². The molecule has 1 aliphatic heterocycles. The monoisotopic (exact) mass is 318 g/mol. The van der Waals surface area contributed by atoms with Crippen molar-refractivity contribution in [1.29, 1.82) is 0 Å². The number of pyridine rings is 1. The molecule has 4 heteroatoms. The van der Waals surface area contributed by atoms with Crippen LogP contribution in [0, 0.1) is 0 Å². The Morgan fingerprint density at radius 3 is 2.67 bits per heavy atom. The Kier molecular flexibility index (Phi) is 3.65. The largest absolute Gasteiger partial charge is 0.494 e. The number of nitrogens with one attached hydrogen (secondary N) is 1. The molecule has 1 N–H and O–H groups in total. The van der Waals surface area contributed by atoms with Crippen LogP contribution >= 0.6 is 0 Å². The molecule has 1 amide bonds. The van der Waals surface area contributed by atoms with E-state index in [-0.39, 0.29) is 11.8 Å². The number of hydrogen-bond acceptors (Lipinski definition) is 3. The average molecular weight is 318 g/mol. The molecule has 1 unspecified atom stereocenters. The van der Waals surface area contributed by atoms with Gasteiger partial charge in [-0.05, 0) is 34.9 Å². The van der Waals surface area contributed by atoms with Gasteiger partial charge in [0.15, 0.2) is 0 Å². The van der Waals surface area contributed by atoms with E-state index in [9.17, 15) is 4.79 Å². The van der Waals surface area contributed by atoms with E-state index in [1.807, 2.05) is 12.1 Å². The van der Waals surface area contributed by atoms with Crippen molar-refractivity contribution in [1.82, 2.24) is 10.3 Å². The highest BCUT2D eigenvalue weighted by molar-refractivity contribution is 5.97. The Labute approximate surface area is 140 Å². The first kappa shape index (κ1) is 14.7. The van der Waals surface area contributed by atoms with Crippen LogP contribution in [0.4, 0.5) is 0 Å². The van der Waals surface area contributed by atoms with Gasteiger partial charge in [0, 0.05) is 30.5 Å². The number of fused-ring (bicyclic) bond motifs is 1. The summed E-state index contributed by atoms with van der Waals surface area (Å²) >= 11 is 0. The molecule has 1 fully saturated rings. The van der Waals surface area contributed by atoms with Gasteiger partial charge in [-0.1, -0.05) is 30.3 Å². The molecule has 4 rings (SSSR count). The van der Waals surface area contributed by atoms with Gasteiger partial charge in [0.2, 0.25) is 5.91 Å². The van der Waals surface area contributed by atoms with Gasteiger partial charge in [0.1, 0.15) is 11.3 Å². The van der Waals surface area contributed by atoms with Crippen molar-refractivity contribution in [3.63, 3.8) is 0 Å². The smallest absolute Gasteiger partial charge is 0.220 e. The van der Waals surface area contributed by atoms with Gasteiger partial charge in [-0.3, -0.25) is 9.78 Å². The number of carbonyl (C=O) groups is 1. The number of aromatic nitrogens is 1. The summed E-state index contributed by atoms with van der Waals surface area (Å²) in [5, 5.41) is 3.96. The maximum absolute atomic E-state index is 11.4. The van der Waals surface area contributed by atoms with E-state index in [1.54, 1.807) is 13.3 Å². The number of benzene rings is 2. The van der Waals surface area contributed by atoms with E-state index in [0.717, 1.165) is 34.3 Å². The Bertz CT molecular complexity index is 903. The fraction of sp³-hybridized carbons (Fsp3) is 0.200. The predicted octanol–water partition coefficient (Wildman–Crippen LogP) is 3.51. The van der Waals surface area contributed by atoms with Gasteiger partial charge in [-0.25, -0.2) is 0 Å². The van der Waals surface area contributed by atoms with Crippen molar-refractivity contribution < 1.29 is 9.53 Å². The quantitative estimate of drug-likeness (QED) is 0.804. The zero-order valence-corrected chi connectivity index (χ0v) is 13.5. The number of carbonyl (C=O) groups excluding carboxylic acids is 1. The highest BCUT2D eigenvalue weighted by Crippen LogP contribution is 2.34. The molecule has 4 nitrogen and oxygen atoms in total. The zero-order valence-electron chi connectivity index (χ0n) is 13.5. The summed E-state index contributed by atoms with van der Waals surface area (Å²) in [5.41, 5.74) is 4.34. The van der Waals surface area contributed by atoms with Crippen LogP contribution in [0.5, 0.6) is 5.75 Å². The molecule has 2 aromatic carbocycles. The highest BCUT2D eigenvalue weighted by atomic mass is 16.5. The molecule has 0 aliphatic carbocycles. The topological polar surface area (TPSA) is 51.2 Å². The molecule has 0 spiro atoms. The van der Waals surface area contributed by atoms with Gasteiger partial charge in [-0.2, -0.15) is 0 Å². The van der Waals surface area contributed by atoms with Gasteiger partial charge < -0.3 is 10.1 Å². The third kappa shape index (κ3) is 2.50. The molecular formula is C20H18N2O2. The summed E-state index contributed by atoms with van der Waals surface area (Å²) in [7, 11) is 1.66. The molecule has 1 aliphatic rings. The average Bonchev–Trinajstić information content (AvgIpc) is 3.07. The molecule has 1 atom stereocenters. The Morgan fingerprint density at radius 1 is 1.12 bits per heavy atom. The maximum Gasteiger partial charge on any atom is 0.220 e. The SMILES string of the molecule is COc1ccc(-c2ccc(C3CNC(=O)C3)cc2)c2cccnc12. The van der Waals surface area contributed by atoms with E-state index in [2.05, 4.69) is 46.7 Å². The normalized spacial score (nSPS) is 17.0. The number of rotatable bonds is 3. The van der Waals surface area contributed by atoms with Crippen LogP contribution in [0.15, 0.2) is 54.7 Å². The summed E-state index contributed by atoms with van der Waals surface area (Å²) in [5.74, 6) is 1.19. The Morgan fingerprint density at radius 2 is 1.96 bits per heavy atom. The molecule has 1 aromatic heterocycles. The number of ether oxygens (including phenoxy) is 1. The lowest BCUT2D eigenvalue weighted by atomic mass is 9.94. The lowest BCUT2D eigenvalue weighted by molar-refractivity contribution is -0.119. The number of hydrogen-bond donors (Lipinski definition) is 1. The molecule has 0 radical (unpaired) electrons. The standard InChI is InChI=1S/C20H18N2O2/c1-24-18-9-8-16(17-3-2-10-21-20(17)18)14-6-4-13(5-7-14)15-11-19(23)22-12-15/h2-10,15H,11-12H2,1H3,(H,22,23). The van der Waals surface area contributed by atoms with Gasteiger partial charge >= 0.3 is 0 Å². The Balaban J connectivity index is 1.74. The minimum absolute atomic E-state index is 0.135. The van der Waals surface area contributed by atoms with Crippen molar-refractivity contribution in [3.8, 4) is 16.9 Å². The van der Waals surface area contributed by atoms with Crippen LogP contribution in [0.25, 0.3) is 22.0 Å². The number of amides is 1. The minimum atomic E-state index is 0.135. The van der Waals surface area contributed by atoms with E-state index in [0.29, 0.717) is 6.42 Å². The first-order valence-corrected chi connectivity index (χ1v) is 8.05. The van der Waals surface area contributed by atoms with Gasteiger partial charge in [0.25, 0.3) is 0 Å². The number of methoxy groups -OCH3 is 1. The Hall–Kier alpha value is -2.88. The summed E-state index contributed by atoms with van der Waals surface area (Å²) in [6, 6.07) is 16.5. The molecule has 24 heavy (non-hydrogen) atoms. The second-order valence-corrected chi connectivity index (χ2v) is 6.04. The van der Waals surface area contributed by atoms with Crippen molar-refractivity contribution in [2.24, 2.45) is 0 Å². The zero-order chi connectivity index (χ0) is 16.5. The molecule has 1 saturated heterocycles. The van der Waals surface area contributed by atoms with E-state index in [4.69, 9.17) is 4.74 Å². The predicted molar refractivity (Wildman–Crippen MR) is 94.1 cm³/mol. The molecule has 0 saturated carbocycles. The van der Waals surface area contributed by atoms with Crippen LogP contribution in [0.2, 0.25) is 0 Å². The molecule has 3 aromatic rings. The van der Waals surface area contributed by atoms with Gasteiger partial charge in [0.05, 0.1) is 7.11 Å². The third-order valence-electron chi connectivity index (χ3n) is 4.62. The second kappa shape index (κ2) is 5.96. The van der Waals surface area contributed by atoms with E-state index < -0.39 is 0 Å². The summed E-state index contributed by atoms with van der Waals surface area (Å²) in [6.07, 6.45) is 2.36. The fourth-order valence-electron chi connectivity index (χ4n) is 3.34. The first-order chi connectivity index (χ1) is 11.8. The van der Waals surface area contributed by atoms with E-state index >= 15 is 0 Å². The van der Waals surface area contributed by atoms with E-state index in [1.165, 1.54) is 5.56 Å². The fourth-order valence-corrected chi connectivity index (χ4v) is 3.34. The number of nitrogens with zero attached hydrogens (tertiary/aromatic N) is 1. The highest BCUT2D eigenvalue weighted by Gasteiger charge is 2.22. The summed E-state index contributed by atoms with van der Waals surface area (Å²) in [6.45, 7) is 0.730. The van der Waals surface area contributed by atoms with Crippen LogP contribution in [0.3, 0.4) is 0 Å². The van der Waals surface area contributed by atoms with Crippen molar-refractivity contribution in [2.45, 2.75) is 12.3 Å². The molecule has 0 bridgehead atoms.